The standard InChI is InChI=1S/C24H19ClN2O2S/c1-29-20-11-7-17(8-12-20)15-22-23(16-30-21-13-9-18(25)10-14-21)26-27(24(22)28)19-5-3-2-4-6-19/h2-15H,16H2,1H3/b22-15+. The molecule has 0 saturated carbocycles. The molecular weight excluding hydrogens is 416 g/mol. The van der Waals surface area contributed by atoms with Gasteiger partial charge in [-0.1, -0.05) is 41.9 Å². The Morgan fingerprint density at radius 2 is 1.70 bits per heavy atom. The number of hydrogen-bond donors (Lipinski definition) is 0. The molecule has 1 heterocycles. The number of hydrogen-bond acceptors (Lipinski definition) is 4. The van der Waals surface area contributed by atoms with Crippen molar-refractivity contribution in [3.05, 3.63) is 95.0 Å². The summed E-state index contributed by atoms with van der Waals surface area (Å²) >= 11 is 7.59. The molecule has 3 aromatic carbocycles. The molecule has 1 aliphatic rings. The van der Waals surface area contributed by atoms with Crippen LogP contribution in [0, 0.1) is 0 Å². The molecule has 0 aliphatic carbocycles. The zero-order chi connectivity index (χ0) is 20.9. The minimum absolute atomic E-state index is 0.135. The van der Waals surface area contributed by atoms with Gasteiger partial charge in [-0.05, 0) is 60.2 Å². The summed E-state index contributed by atoms with van der Waals surface area (Å²) in [6.07, 6.45) is 1.88. The lowest BCUT2D eigenvalue weighted by Gasteiger charge is -2.11. The number of anilines is 1. The number of hydrazone groups is 1. The van der Waals surface area contributed by atoms with E-state index in [-0.39, 0.29) is 5.91 Å². The molecule has 0 spiro atoms. The van der Waals surface area contributed by atoms with Crippen LogP contribution >= 0.6 is 23.4 Å². The van der Waals surface area contributed by atoms with Crippen molar-refractivity contribution in [1.82, 2.24) is 0 Å². The number of nitrogens with zero attached hydrogens (tertiary/aromatic N) is 2. The lowest BCUT2D eigenvalue weighted by Crippen LogP contribution is -2.21. The van der Waals surface area contributed by atoms with Gasteiger partial charge in [0, 0.05) is 15.7 Å². The Labute approximate surface area is 184 Å². The molecule has 0 radical (unpaired) electrons. The number of halogens is 1. The van der Waals surface area contributed by atoms with E-state index in [2.05, 4.69) is 5.10 Å². The van der Waals surface area contributed by atoms with Crippen LogP contribution in [0.1, 0.15) is 5.56 Å². The van der Waals surface area contributed by atoms with Crippen LogP contribution in [0.15, 0.2) is 94.4 Å². The van der Waals surface area contributed by atoms with Crippen LogP contribution in [0.25, 0.3) is 6.08 Å². The third kappa shape index (κ3) is 4.58. The molecule has 0 aromatic heterocycles. The lowest BCUT2D eigenvalue weighted by atomic mass is 10.1. The SMILES string of the molecule is COc1ccc(/C=C2/C(=O)N(c3ccccc3)N=C2CSc2ccc(Cl)cc2)cc1. The normalized spacial score (nSPS) is 14.9. The number of para-hydroxylation sites is 1. The molecule has 4 rings (SSSR count). The lowest BCUT2D eigenvalue weighted by molar-refractivity contribution is -0.114. The molecule has 0 atom stereocenters. The van der Waals surface area contributed by atoms with Crippen LogP contribution in [-0.4, -0.2) is 24.5 Å². The predicted molar refractivity (Wildman–Crippen MR) is 125 cm³/mol. The minimum atomic E-state index is -0.135. The summed E-state index contributed by atoms with van der Waals surface area (Å²) in [4.78, 5) is 14.3. The molecule has 3 aromatic rings. The van der Waals surface area contributed by atoms with Crippen LogP contribution in [0.2, 0.25) is 5.02 Å². The Balaban J connectivity index is 1.64. The average Bonchev–Trinajstić information content (AvgIpc) is 3.10. The number of carbonyl (C=O) groups is 1. The van der Waals surface area contributed by atoms with Gasteiger partial charge in [-0.25, -0.2) is 0 Å². The Kier molecular flexibility index (Phi) is 6.21. The summed E-state index contributed by atoms with van der Waals surface area (Å²) in [7, 11) is 1.63. The van der Waals surface area contributed by atoms with Crippen molar-refractivity contribution in [2.24, 2.45) is 5.10 Å². The molecule has 0 saturated heterocycles. The molecule has 1 aliphatic heterocycles. The highest BCUT2D eigenvalue weighted by molar-refractivity contribution is 8.00. The van der Waals surface area contributed by atoms with Gasteiger partial charge < -0.3 is 4.74 Å². The summed E-state index contributed by atoms with van der Waals surface area (Å²) in [5.41, 5.74) is 2.98. The minimum Gasteiger partial charge on any atom is -0.497 e. The van der Waals surface area contributed by atoms with E-state index in [1.807, 2.05) is 84.9 Å². The Hall–Kier alpha value is -3.02. The van der Waals surface area contributed by atoms with Gasteiger partial charge in [-0.3, -0.25) is 4.79 Å². The molecule has 4 nitrogen and oxygen atoms in total. The maximum atomic E-state index is 13.2. The third-order valence-electron chi connectivity index (χ3n) is 4.57. The maximum absolute atomic E-state index is 13.2. The van der Waals surface area contributed by atoms with Crippen molar-refractivity contribution in [3.63, 3.8) is 0 Å². The van der Waals surface area contributed by atoms with Crippen molar-refractivity contribution in [2.75, 3.05) is 17.9 Å². The summed E-state index contributed by atoms with van der Waals surface area (Å²) in [5, 5.41) is 6.81. The molecule has 6 heteroatoms. The third-order valence-corrected chi connectivity index (χ3v) is 5.85. The first-order valence-electron chi connectivity index (χ1n) is 9.35. The molecule has 30 heavy (non-hydrogen) atoms. The monoisotopic (exact) mass is 434 g/mol. The van der Waals surface area contributed by atoms with E-state index in [9.17, 15) is 4.79 Å². The van der Waals surface area contributed by atoms with Crippen LogP contribution < -0.4 is 9.75 Å². The Morgan fingerprint density at radius 3 is 2.37 bits per heavy atom. The quantitative estimate of drug-likeness (QED) is 0.357. The fourth-order valence-electron chi connectivity index (χ4n) is 3.00. The zero-order valence-corrected chi connectivity index (χ0v) is 17.9. The average molecular weight is 435 g/mol. The van der Waals surface area contributed by atoms with E-state index in [0.717, 1.165) is 27.6 Å². The van der Waals surface area contributed by atoms with Gasteiger partial charge in [0.05, 0.1) is 24.1 Å². The van der Waals surface area contributed by atoms with E-state index in [1.54, 1.807) is 18.9 Å². The van der Waals surface area contributed by atoms with E-state index in [1.165, 1.54) is 5.01 Å². The van der Waals surface area contributed by atoms with E-state index >= 15 is 0 Å². The van der Waals surface area contributed by atoms with Crippen LogP contribution in [0.5, 0.6) is 5.75 Å². The highest BCUT2D eigenvalue weighted by atomic mass is 35.5. The van der Waals surface area contributed by atoms with Crippen molar-refractivity contribution < 1.29 is 9.53 Å². The number of rotatable bonds is 6. The van der Waals surface area contributed by atoms with Crippen molar-refractivity contribution in [2.45, 2.75) is 4.90 Å². The molecule has 0 unspecified atom stereocenters. The van der Waals surface area contributed by atoms with Gasteiger partial charge in [0.15, 0.2) is 0 Å². The molecule has 1 amide bonds. The fourth-order valence-corrected chi connectivity index (χ4v) is 3.97. The first kappa shape index (κ1) is 20.3. The smallest absolute Gasteiger partial charge is 0.280 e. The predicted octanol–water partition coefficient (Wildman–Crippen LogP) is 5.93. The topological polar surface area (TPSA) is 41.9 Å². The van der Waals surface area contributed by atoms with E-state index in [0.29, 0.717) is 16.3 Å². The summed E-state index contributed by atoms with van der Waals surface area (Å²) in [5.74, 6) is 1.20. The first-order chi connectivity index (χ1) is 14.6. The number of methoxy groups -OCH3 is 1. The number of ether oxygens (including phenoxy) is 1. The summed E-state index contributed by atoms with van der Waals surface area (Å²) in [6, 6.07) is 24.7. The van der Waals surface area contributed by atoms with Gasteiger partial charge in [-0.2, -0.15) is 10.1 Å². The Bertz CT molecular complexity index is 1090. The van der Waals surface area contributed by atoms with E-state index < -0.39 is 0 Å². The van der Waals surface area contributed by atoms with Crippen LogP contribution in [0.4, 0.5) is 5.69 Å². The van der Waals surface area contributed by atoms with Crippen LogP contribution in [0.3, 0.4) is 0 Å². The molecule has 0 fully saturated rings. The van der Waals surface area contributed by atoms with Gasteiger partial charge >= 0.3 is 0 Å². The second-order valence-corrected chi connectivity index (χ2v) is 8.06. The van der Waals surface area contributed by atoms with Gasteiger partial charge in [0.2, 0.25) is 0 Å². The molecule has 0 bridgehead atoms. The summed E-state index contributed by atoms with van der Waals surface area (Å²) in [6.45, 7) is 0. The summed E-state index contributed by atoms with van der Waals surface area (Å²) < 4.78 is 5.22. The van der Waals surface area contributed by atoms with Gasteiger partial charge in [0.1, 0.15) is 5.75 Å². The van der Waals surface area contributed by atoms with Crippen LogP contribution in [-0.2, 0) is 4.79 Å². The van der Waals surface area contributed by atoms with Gasteiger partial charge in [0.25, 0.3) is 5.91 Å². The largest absolute Gasteiger partial charge is 0.497 e. The highest BCUT2D eigenvalue weighted by Crippen LogP contribution is 2.29. The number of amides is 1. The molecule has 150 valence electrons. The molecular formula is C24H19ClN2O2S. The van der Waals surface area contributed by atoms with E-state index in [4.69, 9.17) is 16.3 Å². The van der Waals surface area contributed by atoms with Crippen molar-refractivity contribution in [1.29, 1.82) is 0 Å². The second-order valence-electron chi connectivity index (χ2n) is 6.57. The Morgan fingerprint density at radius 1 is 1.00 bits per heavy atom. The number of thioether (sulfide) groups is 1. The van der Waals surface area contributed by atoms with Gasteiger partial charge in [-0.15, -0.1) is 11.8 Å². The van der Waals surface area contributed by atoms with Crippen molar-refractivity contribution >= 4 is 46.7 Å². The van der Waals surface area contributed by atoms with Crippen molar-refractivity contribution in [3.8, 4) is 5.75 Å². The first-order valence-corrected chi connectivity index (χ1v) is 10.7. The number of carbonyl (C=O) groups excluding carboxylic acids is 1. The number of benzene rings is 3. The fraction of sp³-hybridized carbons (Fsp3) is 0.0833. The maximum Gasteiger partial charge on any atom is 0.280 e. The highest BCUT2D eigenvalue weighted by Gasteiger charge is 2.31. The second kappa shape index (κ2) is 9.20. The zero-order valence-electron chi connectivity index (χ0n) is 16.3. The molecule has 0 N–H and O–H groups in total.